The molecule has 0 saturated heterocycles. The Balaban J connectivity index is 2.06. The van der Waals surface area contributed by atoms with E-state index in [1.54, 1.807) is 12.4 Å². The van der Waals surface area contributed by atoms with Crippen molar-refractivity contribution in [1.82, 2.24) is 9.97 Å². The van der Waals surface area contributed by atoms with E-state index in [9.17, 15) is 0 Å². The summed E-state index contributed by atoms with van der Waals surface area (Å²) in [5, 5.41) is 5.56. The van der Waals surface area contributed by atoms with Crippen molar-refractivity contribution in [2.45, 2.75) is 0 Å². The molecule has 0 unspecified atom stereocenters. The molecular weight excluding hydrogens is 417 g/mol. The van der Waals surface area contributed by atoms with Crippen LogP contribution in [0.3, 0.4) is 0 Å². The molecule has 1 heterocycles. The van der Waals surface area contributed by atoms with Gasteiger partial charge in [0.25, 0.3) is 0 Å². The molecule has 0 spiro atoms. The molecule has 3 nitrogen and oxygen atoms in total. The van der Waals surface area contributed by atoms with Gasteiger partial charge in [0.15, 0.2) is 0 Å². The van der Waals surface area contributed by atoms with Crippen LogP contribution in [0, 0.1) is 3.57 Å². The summed E-state index contributed by atoms with van der Waals surface area (Å²) >= 11 is 5.75. The molecule has 0 aliphatic heterocycles. The van der Waals surface area contributed by atoms with Crippen LogP contribution in [0.4, 0.5) is 11.6 Å². The van der Waals surface area contributed by atoms with Crippen LogP contribution in [0.15, 0.2) is 53.3 Å². The maximum absolute atomic E-state index is 4.26. The van der Waals surface area contributed by atoms with Crippen molar-refractivity contribution in [3.8, 4) is 0 Å². The van der Waals surface area contributed by atoms with Crippen LogP contribution >= 0.6 is 38.5 Å². The maximum Gasteiger partial charge on any atom is 0.227 e. The van der Waals surface area contributed by atoms with Gasteiger partial charge in [-0.1, -0.05) is 40.2 Å². The minimum Gasteiger partial charge on any atom is -0.324 e. The third-order valence-corrected chi connectivity index (χ3v) is 3.99. The molecule has 0 saturated carbocycles. The first-order chi connectivity index (χ1) is 9.24. The summed E-state index contributed by atoms with van der Waals surface area (Å²) in [4.78, 5) is 8.52. The molecule has 0 atom stereocenters. The highest BCUT2D eigenvalue weighted by atomic mass is 127. The maximum atomic E-state index is 4.26. The zero-order valence-electron chi connectivity index (χ0n) is 9.77. The first-order valence-electron chi connectivity index (χ1n) is 5.66. The van der Waals surface area contributed by atoms with Gasteiger partial charge in [0.1, 0.15) is 0 Å². The Morgan fingerprint density at radius 2 is 1.63 bits per heavy atom. The summed E-state index contributed by atoms with van der Waals surface area (Å²) in [5.41, 5.74) is 1.00. The lowest BCUT2D eigenvalue weighted by atomic mass is 10.1. The molecule has 2 aromatic carbocycles. The first kappa shape index (κ1) is 12.8. The van der Waals surface area contributed by atoms with Gasteiger partial charge < -0.3 is 5.32 Å². The number of benzene rings is 2. The molecule has 3 aromatic rings. The summed E-state index contributed by atoms with van der Waals surface area (Å²) in [6, 6.07) is 12.3. The fourth-order valence-electron chi connectivity index (χ4n) is 1.87. The Hall–Kier alpha value is -1.21. The number of nitrogens with one attached hydrogen (secondary N) is 1. The van der Waals surface area contributed by atoms with E-state index in [0.29, 0.717) is 5.95 Å². The highest BCUT2D eigenvalue weighted by Crippen LogP contribution is 2.30. The second-order valence-corrected chi connectivity index (χ2v) is 6.09. The monoisotopic (exact) mass is 425 g/mol. The minimum absolute atomic E-state index is 0.605. The van der Waals surface area contributed by atoms with Crippen molar-refractivity contribution >= 4 is 60.9 Å². The number of anilines is 2. The quantitative estimate of drug-likeness (QED) is 0.602. The fraction of sp³-hybridized carbons (Fsp3) is 0. The van der Waals surface area contributed by atoms with Crippen molar-refractivity contribution in [1.29, 1.82) is 0 Å². The molecule has 94 valence electrons. The molecule has 0 amide bonds. The topological polar surface area (TPSA) is 37.8 Å². The Labute approximate surface area is 132 Å². The van der Waals surface area contributed by atoms with Gasteiger partial charge in [-0.25, -0.2) is 9.97 Å². The number of fused-ring (bicyclic) bond motifs is 1. The van der Waals surface area contributed by atoms with Gasteiger partial charge in [-0.05, 0) is 40.1 Å². The molecule has 0 fully saturated rings. The van der Waals surface area contributed by atoms with Crippen molar-refractivity contribution in [2.75, 3.05) is 5.32 Å². The van der Waals surface area contributed by atoms with E-state index >= 15 is 0 Å². The minimum atomic E-state index is 0.605. The van der Waals surface area contributed by atoms with Gasteiger partial charge >= 0.3 is 0 Å². The number of hydrogen-bond donors (Lipinski definition) is 1. The van der Waals surface area contributed by atoms with Gasteiger partial charge in [0.05, 0.1) is 0 Å². The predicted molar refractivity (Wildman–Crippen MR) is 89.7 cm³/mol. The Kier molecular flexibility index (Phi) is 3.65. The van der Waals surface area contributed by atoms with Crippen LogP contribution in [0.5, 0.6) is 0 Å². The molecule has 3 rings (SSSR count). The number of aromatic nitrogens is 2. The molecule has 1 aromatic heterocycles. The van der Waals surface area contributed by atoms with E-state index < -0.39 is 0 Å². The van der Waals surface area contributed by atoms with Crippen LogP contribution in [-0.4, -0.2) is 9.97 Å². The van der Waals surface area contributed by atoms with Gasteiger partial charge in [0.2, 0.25) is 5.95 Å². The first-order valence-corrected chi connectivity index (χ1v) is 7.53. The molecule has 1 N–H and O–H groups in total. The lowest BCUT2D eigenvalue weighted by Crippen LogP contribution is -1.97. The molecule has 0 aliphatic rings. The van der Waals surface area contributed by atoms with E-state index in [-0.39, 0.29) is 0 Å². The van der Waals surface area contributed by atoms with Crippen molar-refractivity contribution in [3.05, 3.63) is 56.8 Å². The molecule has 19 heavy (non-hydrogen) atoms. The average Bonchev–Trinajstić information content (AvgIpc) is 2.45. The Bertz CT molecular complexity index is 728. The molecule has 5 heteroatoms. The van der Waals surface area contributed by atoms with Crippen LogP contribution in [0.25, 0.3) is 10.8 Å². The Morgan fingerprint density at radius 1 is 0.947 bits per heavy atom. The third kappa shape index (κ3) is 2.71. The average molecular weight is 426 g/mol. The van der Waals surface area contributed by atoms with Gasteiger partial charge in [-0.15, -0.1) is 0 Å². The van der Waals surface area contributed by atoms with Crippen LogP contribution < -0.4 is 5.32 Å². The molecule has 0 radical (unpaired) electrons. The van der Waals surface area contributed by atoms with E-state index in [1.807, 2.05) is 24.3 Å². The summed E-state index contributed by atoms with van der Waals surface area (Å²) in [5.74, 6) is 0.605. The van der Waals surface area contributed by atoms with Crippen molar-refractivity contribution in [2.24, 2.45) is 0 Å². The summed E-state index contributed by atoms with van der Waals surface area (Å²) < 4.78 is 2.10. The van der Waals surface area contributed by atoms with Gasteiger partial charge in [0, 0.05) is 31.5 Å². The molecular formula is C14H9BrIN3. The fourth-order valence-corrected chi connectivity index (χ4v) is 2.63. The third-order valence-electron chi connectivity index (χ3n) is 2.74. The zero-order valence-corrected chi connectivity index (χ0v) is 13.5. The number of hydrogen-bond acceptors (Lipinski definition) is 3. The standard InChI is InChI=1S/C14H9BrIN3/c15-12-5-6-13(11-4-2-1-3-10(11)12)19-14-17-7-9(16)8-18-14/h1-8H,(H,17,18,19). The zero-order chi connectivity index (χ0) is 13.2. The lowest BCUT2D eigenvalue weighted by molar-refractivity contribution is 1.15. The second kappa shape index (κ2) is 5.42. The van der Waals surface area contributed by atoms with Crippen LogP contribution in [0.2, 0.25) is 0 Å². The van der Waals surface area contributed by atoms with E-state index in [0.717, 1.165) is 24.5 Å². The number of rotatable bonds is 2. The van der Waals surface area contributed by atoms with Gasteiger partial charge in [-0.3, -0.25) is 0 Å². The van der Waals surface area contributed by atoms with Crippen molar-refractivity contribution in [3.63, 3.8) is 0 Å². The Morgan fingerprint density at radius 3 is 2.37 bits per heavy atom. The predicted octanol–water partition coefficient (Wildman–Crippen LogP) is 4.74. The molecule has 0 aliphatic carbocycles. The molecule has 0 bridgehead atoms. The summed E-state index contributed by atoms with van der Waals surface area (Å²) in [6.07, 6.45) is 3.58. The van der Waals surface area contributed by atoms with Crippen LogP contribution in [-0.2, 0) is 0 Å². The normalized spacial score (nSPS) is 10.6. The van der Waals surface area contributed by atoms with Gasteiger partial charge in [-0.2, -0.15) is 0 Å². The van der Waals surface area contributed by atoms with Crippen LogP contribution in [0.1, 0.15) is 0 Å². The second-order valence-electron chi connectivity index (χ2n) is 3.99. The number of nitrogens with zero attached hydrogens (tertiary/aromatic N) is 2. The highest BCUT2D eigenvalue weighted by Gasteiger charge is 2.05. The van der Waals surface area contributed by atoms with E-state index in [4.69, 9.17) is 0 Å². The van der Waals surface area contributed by atoms with E-state index in [1.165, 1.54) is 0 Å². The smallest absolute Gasteiger partial charge is 0.227 e. The largest absolute Gasteiger partial charge is 0.324 e. The summed E-state index contributed by atoms with van der Waals surface area (Å²) in [6.45, 7) is 0. The number of halogens is 2. The van der Waals surface area contributed by atoms with E-state index in [2.05, 4.69) is 65.9 Å². The van der Waals surface area contributed by atoms with Crippen molar-refractivity contribution < 1.29 is 0 Å². The highest BCUT2D eigenvalue weighted by molar-refractivity contribution is 14.1. The SMILES string of the molecule is Brc1ccc(Nc2ncc(I)cn2)c2ccccc12. The lowest BCUT2D eigenvalue weighted by Gasteiger charge is -2.09. The summed E-state index contributed by atoms with van der Waals surface area (Å²) in [7, 11) is 0.